The first-order valence-electron chi connectivity index (χ1n) is 7.97. The predicted molar refractivity (Wildman–Crippen MR) is 107 cm³/mol. The summed E-state index contributed by atoms with van der Waals surface area (Å²) in [6.45, 7) is 0. The van der Waals surface area contributed by atoms with Gasteiger partial charge in [-0.15, -0.1) is 22.7 Å². The molecule has 2 aromatic heterocycles. The molecule has 4 rings (SSSR count). The van der Waals surface area contributed by atoms with Gasteiger partial charge >= 0.3 is 0 Å². The van der Waals surface area contributed by atoms with E-state index in [-0.39, 0.29) is 0 Å². The zero-order valence-electron chi connectivity index (χ0n) is 14.3. The minimum absolute atomic E-state index is 0.850. The number of aromatic nitrogens is 2. The Bertz CT molecular complexity index is 921. The Morgan fingerprint density at radius 3 is 1.35 bits per heavy atom. The van der Waals surface area contributed by atoms with E-state index in [1.165, 1.54) is 0 Å². The molecule has 26 heavy (non-hydrogen) atoms. The van der Waals surface area contributed by atoms with Gasteiger partial charge in [-0.05, 0) is 59.7 Å². The number of ether oxygens (including phenoxy) is 2. The lowest BCUT2D eigenvalue weighted by molar-refractivity contribution is 0.415. The maximum absolute atomic E-state index is 5.21. The summed E-state index contributed by atoms with van der Waals surface area (Å²) in [4.78, 5) is 11.3. The lowest BCUT2D eigenvalue weighted by Crippen LogP contribution is -1.81. The molecular formula is C20H16N2O2S2. The molecule has 4 aromatic rings. The van der Waals surface area contributed by atoms with E-state index in [4.69, 9.17) is 9.47 Å². The van der Waals surface area contributed by atoms with Gasteiger partial charge in [0.2, 0.25) is 0 Å². The monoisotopic (exact) mass is 380 g/mol. The van der Waals surface area contributed by atoms with Gasteiger partial charge in [0.1, 0.15) is 11.5 Å². The minimum Gasteiger partial charge on any atom is -0.497 e. The molecule has 130 valence electrons. The molecule has 4 nitrogen and oxygen atoms in total. The lowest BCUT2D eigenvalue weighted by atomic mass is 10.2. The van der Waals surface area contributed by atoms with Crippen molar-refractivity contribution in [3.05, 3.63) is 60.9 Å². The van der Waals surface area contributed by atoms with Crippen LogP contribution in [0.15, 0.2) is 60.9 Å². The van der Waals surface area contributed by atoms with Gasteiger partial charge in [-0.3, -0.25) is 0 Å². The van der Waals surface area contributed by atoms with E-state index in [0.717, 1.165) is 42.4 Å². The smallest absolute Gasteiger partial charge is 0.152 e. The van der Waals surface area contributed by atoms with Crippen LogP contribution in [0.5, 0.6) is 11.5 Å². The molecule has 2 aromatic carbocycles. The first-order chi connectivity index (χ1) is 12.8. The van der Waals surface area contributed by atoms with E-state index in [2.05, 4.69) is 9.97 Å². The van der Waals surface area contributed by atoms with Gasteiger partial charge in [-0.25, -0.2) is 9.97 Å². The van der Waals surface area contributed by atoms with Crippen LogP contribution in [0, 0.1) is 0 Å². The predicted octanol–water partition coefficient (Wildman–Crippen LogP) is 5.62. The number of rotatable bonds is 5. The fourth-order valence-electron chi connectivity index (χ4n) is 2.52. The third kappa shape index (κ3) is 3.34. The van der Waals surface area contributed by atoms with Crippen LogP contribution in [0.4, 0.5) is 0 Å². The highest BCUT2D eigenvalue weighted by Crippen LogP contribution is 2.37. The Morgan fingerprint density at radius 1 is 0.615 bits per heavy atom. The first kappa shape index (κ1) is 16.8. The molecule has 6 heteroatoms. The van der Waals surface area contributed by atoms with Crippen LogP contribution >= 0.6 is 22.7 Å². The number of benzene rings is 2. The second-order valence-corrected chi connectivity index (χ2v) is 7.58. The summed E-state index contributed by atoms with van der Waals surface area (Å²) in [5, 5.41) is 1.86. The molecule has 0 bridgehead atoms. The van der Waals surface area contributed by atoms with Crippen molar-refractivity contribution in [2.75, 3.05) is 14.2 Å². The molecule has 0 aliphatic heterocycles. The molecule has 0 spiro atoms. The number of hydrogen-bond donors (Lipinski definition) is 0. The van der Waals surface area contributed by atoms with Crippen molar-refractivity contribution in [2.45, 2.75) is 0 Å². The van der Waals surface area contributed by atoms with Crippen LogP contribution in [-0.2, 0) is 0 Å². The molecule has 0 amide bonds. The molecule has 2 heterocycles. The van der Waals surface area contributed by atoms with Gasteiger partial charge in [0, 0.05) is 12.4 Å². The van der Waals surface area contributed by atoms with Crippen LogP contribution in [0.1, 0.15) is 0 Å². The fraction of sp³-hybridized carbons (Fsp3) is 0.100. The van der Waals surface area contributed by atoms with Crippen molar-refractivity contribution in [3.63, 3.8) is 0 Å². The van der Waals surface area contributed by atoms with Crippen molar-refractivity contribution in [1.29, 1.82) is 0 Å². The van der Waals surface area contributed by atoms with Gasteiger partial charge in [0.15, 0.2) is 10.0 Å². The van der Waals surface area contributed by atoms with Crippen LogP contribution in [0.2, 0.25) is 0 Å². The Kier molecular flexibility index (Phi) is 4.69. The topological polar surface area (TPSA) is 44.2 Å². The standard InChI is InChI=1S/C20H16N2O2S2/c1-23-15-7-3-13(4-8-15)17-11-21-19(25-17)20-22-12-18(26-20)14-5-9-16(24-2)10-6-14/h3-12H,1-2H3. The van der Waals surface area contributed by atoms with E-state index in [0.29, 0.717) is 0 Å². The highest BCUT2D eigenvalue weighted by Gasteiger charge is 2.12. The molecular weight excluding hydrogens is 364 g/mol. The van der Waals surface area contributed by atoms with Crippen molar-refractivity contribution >= 4 is 22.7 Å². The quantitative estimate of drug-likeness (QED) is 0.451. The van der Waals surface area contributed by atoms with E-state index < -0.39 is 0 Å². The van der Waals surface area contributed by atoms with E-state index in [1.807, 2.05) is 60.9 Å². The van der Waals surface area contributed by atoms with Gasteiger partial charge in [-0.2, -0.15) is 0 Å². The number of nitrogens with zero attached hydrogens (tertiary/aromatic N) is 2. The average Bonchev–Trinajstić information content (AvgIpc) is 3.38. The maximum Gasteiger partial charge on any atom is 0.152 e. The number of thiazole rings is 2. The van der Waals surface area contributed by atoms with Crippen molar-refractivity contribution in [2.24, 2.45) is 0 Å². The highest BCUT2D eigenvalue weighted by molar-refractivity contribution is 7.24. The molecule has 0 aliphatic carbocycles. The van der Waals surface area contributed by atoms with Crippen LogP contribution < -0.4 is 9.47 Å². The molecule has 0 N–H and O–H groups in total. The average molecular weight is 380 g/mol. The summed E-state index contributed by atoms with van der Waals surface area (Å²) in [5.41, 5.74) is 2.25. The summed E-state index contributed by atoms with van der Waals surface area (Å²) in [7, 11) is 3.34. The largest absolute Gasteiger partial charge is 0.497 e. The molecule has 0 aliphatic rings. The summed E-state index contributed by atoms with van der Waals surface area (Å²) < 4.78 is 10.4. The molecule has 0 atom stereocenters. The van der Waals surface area contributed by atoms with Crippen LogP contribution in [-0.4, -0.2) is 24.2 Å². The zero-order valence-corrected chi connectivity index (χ0v) is 15.9. The fourth-order valence-corrected chi connectivity index (χ4v) is 4.40. The third-order valence-corrected chi connectivity index (χ3v) is 6.18. The van der Waals surface area contributed by atoms with Gasteiger partial charge < -0.3 is 9.47 Å². The summed E-state index contributed by atoms with van der Waals surface area (Å²) in [5.74, 6) is 1.70. The van der Waals surface area contributed by atoms with Crippen molar-refractivity contribution in [3.8, 4) is 42.4 Å². The van der Waals surface area contributed by atoms with Crippen molar-refractivity contribution < 1.29 is 9.47 Å². The molecule has 0 saturated heterocycles. The van der Waals surface area contributed by atoms with E-state index >= 15 is 0 Å². The van der Waals surface area contributed by atoms with Gasteiger partial charge in [0.25, 0.3) is 0 Å². The molecule has 0 saturated carbocycles. The maximum atomic E-state index is 5.21. The Labute approximate surface area is 159 Å². The zero-order chi connectivity index (χ0) is 17.9. The minimum atomic E-state index is 0.850. The van der Waals surface area contributed by atoms with E-state index in [9.17, 15) is 0 Å². The second kappa shape index (κ2) is 7.27. The summed E-state index contributed by atoms with van der Waals surface area (Å²) in [6.07, 6.45) is 3.80. The Balaban J connectivity index is 1.58. The Hall–Kier alpha value is -2.70. The van der Waals surface area contributed by atoms with Crippen molar-refractivity contribution in [1.82, 2.24) is 9.97 Å². The molecule has 0 unspecified atom stereocenters. The number of hydrogen-bond acceptors (Lipinski definition) is 6. The molecule has 0 radical (unpaired) electrons. The second-order valence-electron chi connectivity index (χ2n) is 5.52. The highest BCUT2D eigenvalue weighted by atomic mass is 32.1. The van der Waals surface area contributed by atoms with E-state index in [1.54, 1.807) is 36.9 Å². The lowest BCUT2D eigenvalue weighted by Gasteiger charge is -2.00. The first-order valence-corrected chi connectivity index (χ1v) is 9.61. The van der Waals surface area contributed by atoms with Gasteiger partial charge in [-0.1, -0.05) is 0 Å². The molecule has 0 fully saturated rings. The van der Waals surface area contributed by atoms with Crippen LogP contribution in [0.25, 0.3) is 30.9 Å². The van der Waals surface area contributed by atoms with Crippen LogP contribution in [0.3, 0.4) is 0 Å². The summed E-state index contributed by atoms with van der Waals surface area (Å²) >= 11 is 3.29. The SMILES string of the molecule is COc1ccc(-c2cnc(-c3ncc(-c4ccc(OC)cc4)s3)s2)cc1. The third-order valence-electron chi connectivity index (χ3n) is 3.94. The summed E-state index contributed by atoms with van der Waals surface area (Å²) in [6, 6.07) is 16.0. The Morgan fingerprint density at radius 2 is 1.00 bits per heavy atom. The van der Waals surface area contributed by atoms with Gasteiger partial charge in [0.05, 0.1) is 24.0 Å². The normalized spacial score (nSPS) is 10.7. The number of methoxy groups -OCH3 is 2.